The van der Waals surface area contributed by atoms with Gasteiger partial charge in [0.1, 0.15) is 35.1 Å². The molecule has 7 heteroatoms. The summed E-state index contributed by atoms with van der Waals surface area (Å²) in [6.45, 7) is 0. The van der Waals surface area contributed by atoms with Gasteiger partial charge in [-0.3, -0.25) is 4.79 Å². The molecule has 7 nitrogen and oxygen atoms in total. The maximum Gasteiger partial charge on any atom is 0.186 e. The second-order valence-corrected chi connectivity index (χ2v) is 6.93. The largest absolute Gasteiger partial charge is 0.497 e. The monoisotopic (exact) mass is 408 g/mol. The highest BCUT2D eigenvalue weighted by Crippen LogP contribution is 2.42. The topological polar surface area (TPSA) is 78.1 Å². The van der Waals surface area contributed by atoms with Crippen LogP contribution >= 0.6 is 0 Å². The molecular formula is C23H24N2O5. The third kappa shape index (κ3) is 3.22. The molecule has 2 N–H and O–H groups in total. The van der Waals surface area contributed by atoms with Gasteiger partial charge in [-0.2, -0.15) is 0 Å². The number of carbonyl (C=O) groups excluding carboxylic acids is 1. The van der Waals surface area contributed by atoms with Crippen molar-refractivity contribution in [2.24, 2.45) is 0 Å². The molecule has 2 atom stereocenters. The van der Waals surface area contributed by atoms with Gasteiger partial charge in [0.05, 0.1) is 28.4 Å². The van der Waals surface area contributed by atoms with Crippen LogP contribution in [0.2, 0.25) is 0 Å². The molecule has 2 unspecified atom stereocenters. The molecule has 0 spiro atoms. The summed E-state index contributed by atoms with van der Waals surface area (Å²) in [6.07, 6.45) is 7.35. The average molecular weight is 408 g/mol. The second kappa shape index (κ2) is 8.02. The smallest absolute Gasteiger partial charge is 0.186 e. The van der Waals surface area contributed by atoms with E-state index in [0.717, 1.165) is 22.3 Å². The number of rotatable bonds is 6. The molecule has 2 aliphatic heterocycles. The van der Waals surface area contributed by atoms with Gasteiger partial charge in [0, 0.05) is 23.3 Å². The van der Waals surface area contributed by atoms with Crippen molar-refractivity contribution in [3.63, 3.8) is 0 Å². The van der Waals surface area contributed by atoms with Crippen molar-refractivity contribution in [2.45, 2.75) is 12.1 Å². The fraction of sp³-hybridized carbons (Fsp3) is 0.261. The molecule has 2 aromatic carbocycles. The van der Waals surface area contributed by atoms with Crippen LogP contribution in [0.3, 0.4) is 0 Å². The van der Waals surface area contributed by atoms with Crippen LogP contribution in [0.4, 0.5) is 0 Å². The Hall–Kier alpha value is -3.61. The lowest BCUT2D eigenvalue weighted by molar-refractivity contribution is -0.123. The first kappa shape index (κ1) is 19.7. The maximum atomic E-state index is 13.8. The van der Waals surface area contributed by atoms with Gasteiger partial charge in [-0.05, 0) is 47.8 Å². The first-order chi connectivity index (χ1) is 14.6. The number of hydrogen-bond acceptors (Lipinski definition) is 7. The van der Waals surface area contributed by atoms with Crippen molar-refractivity contribution in [3.8, 4) is 23.0 Å². The highest BCUT2D eigenvalue weighted by Gasteiger charge is 2.36. The summed E-state index contributed by atoms with van der Waals surface area (Å²) in [5.41, 5.74) is 3.29. The van der Waals surface area contributed by atoms with Crippen LogP contribution in [-0.2, 0) is 4.79 Å². The Kier molecular flexibility index (Phi) is 5.27. The van der Waals surface area contributed by atoms with Gasteiger partial charge < -0.3 is 29.6 Å². The summed E-state index contributed by atoms with van der Waals surface area (Å²) >= 11 is 0. The minimum atomic E-state index is -0.602. The Labute approximate surface area is 175 Å². The molecule has 30 heavy (non-hydrogen) atoms. The van der Waals surface area contributed by atoms with Crippen LogP contribution in [0.1, 0.15) is 34.3 Å². The zero-order valence-corrected chi connectivity index (χ0v) is 17.3. The SMILES string of the molecule is COc1cc2c(c(OC)c1)C(C(=O)C1NC=Cc3cc(OC)cc(OC)c31)NC=C2. The van der Waals surface area contributed by atoms with Crippen LogP contribution < -0.4 is 29.6 Å². The van der Waals surface area contributed by atoms with Crippen LogP contribution in [0.25, 0.3) is 12.2 Å². The lowest BCUT2D eigenvalue weighted by Gasteiger charge is -2.31. The van der Waals surface area contributed by atoms with E-state index >= 15 is 0 Å². The highest BCUT2D eigenvalue weighted by molar-refractivity contribution is 5.95. The second-order valence-electron chi connectivity index (χ2n) is 6.93. The van der Waals surface area contributed by atoms with E-state index in [-0.39, 0.29) is 5.78 Å². The predicted octanol–water partition coefficient (Wildman–Crippen LogP) is 3.22. The van der Waals surface area contributed by atoms with Crippen molar-refractivity contribution < 1.29 is 23.7 Å². The van der Waals surface area contributed by atoms with E-state index in [1.165, 1.54) is 0 Å². The van der Waals surface area contributed by atoms with Gasteiger partial charge in [-0.1, -0.05) is 0 Å². The molecule has 4 rings (SSSR count). The Morgan fingerprint density at radius 2 is 1.13 bits per heavy atom. The third-order valence-electron chi connectivity index (χ3n) is 5.40. The van der Waals surface area contributed by atoms with E-state index in [4.69, 9.17) is 18.9 Å². The van der Waals surface area contributed by atoms with Crippen molar-refractivity contribution in [1.82, 2.24) is 10.6 Å². The number of methoxy groups -OCH3 is 4. The normalized spacial score (nSPS) is 18.4. The summed E-state index contributed by atoms with van der Waals surface area (Å²) in [5.74, 6) is 2.46. The van der Waals surface area contributed by atoms with E-state index in [9.17, 15) is 4.79 Å². The van der Waals surface area contributed by atoms with Crippen LogP contribution in [-0.4, -0.2) is 34.2 Å². The van der Waals surface area contributed by atoms with Crippen molar-refractivity contribution in [2.75, 3.05) is 28.4 Å². The molecule has 0 radical (unpaired) electrons. The van der Waals surface area contributed by atoms with Crippen molar-refractivity contribution in [3.05, 3.63) is 58.9 Å². The molecule has 2 aromatic rings. The lowest BCUT2D eigenvalue weighted by atomic mass is 9.85. The Morgan fingerprint density at radius 3 is 1.50 bits per heavy atom. The zero-order chi connectivity index (χ0) is 21.3. The number of Topliss-reactive ketones (excluding diaryl/α,β-unsaturated/α-hetero) is 1. The Morgan fingerprint density at radius 1 is 0.700 bits per heavy atom. The fourth-order valence-electron chi connectivity index (χ4n) is 3.96. The number of hydrogen-bond donors (Lipinski definition) is 2. The molecule has 0 bridgehead atoms. The minimum Gasteiger partial charge on any atom is -0.497 e. The van der Waals surface area contributed by atoms with E-state index in [2.05, 4.69) is 10.6 Å². The average Bonchev–Trinajstić information content (AvgIpc) is 2.80. The van der Waals surface area contributed by atoms with E-state index in [1.54, 1.807) is 53.0 Å². The molecule has 0 amide bonds. The summed E-state index contributed by atoms with van der Waals surface area (Å²) in [7, 11) is 6.37. The molecule has 0 aliphatic carbocycles. The fourth-order valence-corrected chi connectivity index (χ4v) is 3.96. The molecule has 156 valence electrons. The Bertz CT molecular complexity index is 963. The van der Waals surface area contributed by atoms with E-state index in [0.29, 0.717) is 23.0 Å². The first-order valence-electron chi connectivity index (χ1n) is 9.52. The molecule has 0 fully saturated rings. The number of fused-ring (bicyclic) bond motifs is 2. The van der Waals surface area contributed by atoms with E-state index < -0.39 is 12.1 Å². The molecule has 0 saturated heterocycles. The Balaban J connectivity index is 1.78. The number of carbonyl (C=O) groups is 1. The third-order valence-corrected chi connectivity index (χ3v) is 5.40. The predicted molar refractivity (Wildman–Crippen MR) is 114 cm³/mol. The highest BCUT2D eigenvalue weighted by atomic mass is 16.5. The molecular weight excluding hydrogens is 384 g/mol. The van der Waals surface area contributed by atoms with Crippen molar-refractivity contribution >= 4 is 17.9 Å². The number of nitrogens with one attached hydrogen (secondary N) is 2. The van der Waals surface area contributed by atoms with Gasteiger partial charge in [-0.15, -0.1) is 0 Å². The molecule has 2 aliphatic rings. The quantitative estimate of drug-likeness (QED) is 0.760. The van der Waals surface area contributed by atoms with Gasteiger partial charge in [0.2, 0.25) is 0 Å². The van der Waals surface area contributed by atoms with Crippen LogP contribution in [0, 0.1) is 0 Å². The standard InChI is InChI=1S/C23H24N2O5/c1-27-15-9-13-5-7-24-21(19(13)17(11-15)29-3)23(26)22-20-14(6-8-25-22)10-16(28-2)12-18(20)30-4/h5-12,21-22,24-25H,1-4H3. The summed E-state index contributed by atoms with van der Waals surface area (Å²) < 4.78 is 21.9. The number of ketones is 1. The molecule has 2 heterocycles. The minimum absolute atomic E-state index is 0.0573. The summed E-state index contributed by atoms with van der Waals surface area (Å²) in [5, 5.41) is 6.39. The van der Waals surface area contributed by atoms with Crippen LogP contribution in [0.5, 0.6) is 23.0 Å². The lowest BCUT2D eigenvalue weighted by Crippen LogP contribution is -2.37. The van der Waals surface area contributed by atoms with Crippen LogP contribution in [0.15, 0.2) is 36.7 Å². The summed E-state index contributed by atoms with van der Waals surface area (Å²) in [4.78, 5) is 13.8. The zero-order valence-electron chi connectivity index (χ0n) is 17.3. The maximum absolute atomic E-state index is 13.8. The first-order valence-corrected chi connectivity index (χ1v) is 9.52. The van der Waals surface area contributed by atoms with E-state index in [1.807, 2.05) is 24.3 Å². The number of benzene rings is 2. The van der Waals surface area contributed by atoms with Crippen molar-refractivity contribution in [1.29, 1.82) is 0 Å². The number of ether oxygens (including phenoxy) is 4. The van der Waals surface area contributed by atoms with Gasteiger partial charge in [0.25, 0.3) is 0 Å². The van der Waals surface area contributed by atoms with Gasteiger partial charge >= 0.3 is 0 Å². The van der Waals surface area contributed by atoms with Gasteiger partial charge in [0.15, 0.2) is 5.78 Å². The van der Waals surface area contributed by atoms with Gasteiger partial charge in [-0.25, -0.2) is 0 Å². The molecule has 0 saturated carbocycles. The molecule has 0 aromatic heterocycles. The summed E-state index contributed by atoms with van der Waals surface area (Å²) in [6, 6.07) is 6.15.